The molecule has 0 rings (SSSR count). The summed E-state index contributed by atoms with van der Waals surface area (Å²) in [6.45, 7) is 1.81. The first-order valence-corrected chi connectivity index (χ1v) is 3.25. The number of rotatable bonds is 3. The van der Waals surface area contributed by atoms with E-state index in [0.717, 1.165) is 0 Å². The molecule has 0 bridgehead atoms. The molecule has 2 N–H and O–H groups in total. The maximum Gasteiger partial charge on any atom is 0.0675 e. The third-order valence-electron chi connectivity index (χ3n) is 1.13. The summed E-state index contributed by atoms with van der Waals surface area (Å²) < 4.78 is 0. The third kappa shape index (κ3) is 2.55. The molecule has 0 aromatic carbocycles. The molecule has 0 fully saturated rings. The summed E-state index contributed by atoms with van der Waals surface area (Å²) in [5, 5.41) is 17.3. The fourth-order valence-corrected chi connectivity index (χ4v) is 0.662. The molecule has 2 nitrogen and oxygen atoms in total. The molecule has 0 heterocycles. The summed E-state index contributed by atoms with van der Waals surface area (Å²) in [6, 6.07) is 0. The summed E-state index contributed by atoms with van der Waals surface area (Å²) in [5.74, 6) is 0.370. The van der Waals surface area contributed by atoms with E-state index in [2.05, 4.69) is 12.6 Å². The lowest BCUT2D eigenvalue weighted by Gasteiger charge is -2.12. The Kier molecular flexibility index (Phi) is 4.32. The molecule has 0 aromatic rings. The van der Waals surface area contributed by atoms with E-state index in [-0.39, 0.29) is 12.5 Å². The van der Waals surface area contributed by atoms with Gasteiger partial charge in [-0.05, 0) is 0 Å². The SMILES string of the molecule is CC(CO)C(O)CS. The van der Waals surface area contributed by atoms with E-state index in [1.807, 2.05) is 0 Å². The Balaban J connectivity index is 3.29. The van der Waals surface area contributed by atoms with Crippen LogP contribution in [0.5, 0.6) is 0 Å². The van der Waals surface area contributed by atoms with E-state index in [9.17, 15) is 0 Å². The molecule has 0 aliphatic rings. The predicted octanol–water partition coefficient (Wildman–Crippen LogP) is -0.0945. The molecule has 0 spiro atoms. The second-order valence-electron chi connectivity index (χ2n) is 1.91. The first-order chi connectivity index (χ1) is 3.72. The predicted molar refractivity (Wildman–Crippen MR) is 36.1 cm³/mol. The summed E-state index contributed by atoms with van der Waals surface area (Å²) in [5.41, 5.74) is 0. The molecule has 0 aromatic heterocycles. The molecule has 0 saturated heterocycles. The fraction of sp³-hybridized carbons (Fsp3) is 1.00. The molecule has 0 amide bonds. The van der Waals surface area contributed by atoms with Crippen molar-refractivity contribution in [3.8, 4) is 0 Å². The van der Waals surface area contributed by atoms with Crippen LogP contribution in [0.2, 0.25) is 0 Å². The van der Waals surface area contributed by atoms with Gasteiger partial charge in [0.25, 0.3) is 0 Å². The van der Waals surface area contributed by atoms with E-state index >= 15 is 0 Å². The van der Waals surface area contributed by atoms with Gasteiger partial charge in [-0.3, -0.25) is 0 Å². The van der Waals surface area contributed by atoms with E-state index in [0.29, 0.717) is 5.75 Å². The van der Waals surface area contributed by atoms with Crippen LogP contribution in [0, 0.1) is 5.92 Å². The third-order valence-corrected chi connectivity index (χ3v) is 1.51. The Morgan fingerprint density at radius 1 is 1.62 bits per heavy atom. The Labute approximate surface area is 54.9 Å². The Morgan fingerprint density at radius 3 is 2.25 bits per heavy atom. The highest BCUT2D eigenvalue weighted by Gasteiger charge is 2.09. The van der Waals surface area contributed by atoms with Crippen molar-refractivity contribution in [2.24, 2.45) is 5.92 Å². The van der Waals surface area contributed by atoms with Crippen LogP contribution in [0.1, 0.15) is 6.92 Å². The zero-order valence-electron chi connectivity index (χ0n) is 4.91. The van der Waals surface area contributed by atoms with Crippen LogP contribution in [-0.2, 0) is 0 Å². The van der Waals surface area contributed by atoms with Crippen molar-refractivity contribution in [2.45, 2.75) is 13.0 Å². The van der Waals surface area contributed by atoms with Gasteiger partial charge >= 0.3 is 0 Å². The molecule has 3 heteroatoms. The Bertz CT molecular complexity index is 50.4. The normalized spacial score (nSPS) is 18.0. The highest BCUT2D eigenvalue weighted by atomic mass is 32.1. The number of thiol groups is 1. The molecule has 0 radical (unpaired) electrons. The second-order valence-corrected chi connectivity index (χ2v) is 2.27. The average molecular weight is 136 g/mol. The molecule has 2 unspecified atom stereocenters. The van der Waals surface area contributed by atoms with E-state index in [4.69, 9.17) is 10.2 Å². The van der Waals surface area contributed by atoms with Gasteiger partial charge in [0.15, 0.2) is 0 Å². The molecule has 50 valence electrons. The Hall–Kier alpha value is 0.270. The number of aliphatic hydroxyl groups excluding tert-OH is 2. The van der Waals surface area contributed by atoms with Crippen LogP contribution in [0.15, 0.2) is 0 Å². The van der Waals surface area contributed by atoms with Crippen LogP contribution in [0.25, 0.3) is 0 Å². The van der Waals surface area contributed by atoms with Gasteiger partial charge in [-0.25, -0.2) is 0 Å². The van der Waals surface area contributed by atoms with Gasteiger partial charge in [0.2, 0.25) is 0 Å². The van der Waals surface area contributed by atoms with Crippen molar-refractivity contribution in [1.82, 2.24) is 0 Å². The van der Waals surface area contributed by atoms with Crippen LogP contribution in [-0.4, -0.2) is 28.7 Å². The summed E-state index contributed by atoms with van der Waals surface area (Å²) in [4.78, 5) is 0. The van der Waals surface area contributed by atoms with Crippen molar-refractivity contribution in [3.05, 3.63) is 0 Å². The minimum Gasteiger partial charge on any atom is -0.396 e. The average Bonchev–Trinajstić information content (AvgIpc) is 1.84. The number of hydrogen-bond acceptors (Lipinski definition) is 3. The minimum atomic E-state index is -0.469. The molecular weight excluding hydrogens is 124 g/mol. The summed E-state index contributed by atoms with van der Waals surface area (Å²) >= 11 is 3.85. The number of hydrogen-bond donors (Lipinski definition) is 3. The molecule has 0 saturated carbocycles. The van der Waals surface area contributed by atoms with Crippen LogP contribution < -0.4 is 0 Å². The molecule has 8 heavy (non-hydrogen) atoms. The largest absolute Gasteiger partial charge is 0.396 e. The monoisotopic (exact) mass is 136 g/mol. The van der Waals surface area contributed by atoms with E-state index in [1.54, 1.807) is 6.92 Å². The van der Waals surface area contributed by atoms with Crippen molar-refractivity contribution >= 4 is 12.6 Å². The topological polar surface area (TPSA) is 40.5 Å². The van der Waals surface area contributed by atoms with Gasteiger partial charge in [-0.15, -0.1) is 0 Å². The van der Waals surface area contributed by atoms with Gasteiger partial charge in [-0.2, -0.15) is 12.6 Å². The maximum absolute atomic E-state index is 8.89. The van der Waals surface area contributed by atoms with Gasteiger partial charge in [0, 0.05) is 18.3 Å². The van der Waals surface area contributed by atoms with Crippen molar-refractivity contribution in [1.29, 1.82) is 0 Å². The molecule has 2 atom stereocenters. The molecule has 0 aliphatic carbocycles. The van der Waals surface area contributed by atoms with Gasteiger partial charge < -0.3 is 10.2 Å². The lowest BCUT2D eigenvalue weighted by Crippen LogP contribution is -2.21. The van der Waals surface area contributed by atoms with Gasteiger partial charge in [0.05, 0.1) is 6.10 Å². The van der Waals surface area contributed by atoms with Gasteiger partial charge in [0.1, 0.15) is 0 Å². The lowest BCUT2D eigenvalue weighted by molar-refractivity contribution is 0.0950. The summed E-state index contributed by atoms with van der Waals surface area (Å²) in [7, 11) is 0. The van der Waals surface area contributed by atoms with Crippen molar-refractivity contribution < 1.29 is 10.2 Å². The smallest absolute Gasteiger partial charge is 0.0675 e. The zero-order valence-corrected chi connectivity index (χ0v) is 5.80. The van der Waals surface area contributed by atoms with Crippen LogP contribution >= 0.6 is 12.6 Å². The lowest BCUT2D eigenvalue weighted by atomic mass is 10.1. The summed E-state index contributed by atoms with van der Waals surface area (Å²) in [6.07, 6.45) is -0.469. The number of aliphatic hydroxyl groups is 2. The molecule has 0 aliphatic heterocycles. The first kappa shape index (κ1) is 8.27. The standard InChI is InChI=1S/C5H12O2S/c1-4(2-6)5(7)3-8/h4-8H,2-3H2,1H3. The quantitative estimate of drug-likeness (QED) is 0.474. The zero-order chi connectivity index (χ0) is 6.57. The van der Waals surface area contributed by atoms with Crippen LogP contribution in [0.4, 0.5) is 0 Å². The minimum absolute atomic E-state index is 0.0295. The van der Waals surface area contributed by atoms with Crippen molar-refractivity contribution in [3.63, 3.8) is 0 Å². The van der Waals surface area contributed by atoms with E-state index in [1.165, 1.54) is 0 Å². The highest BCUT2D eigenvalue weighted by molar-refractivity contribution is 7.80. The second kappa shape index (κ2) is 4.18. The van der Waals surface area contributed by atoms with Crippen LogP contribution in [0.3, 0.4) is 0 Å². The molecular formula is C5H12O2S. The van der Waals surface area contributed by atoms with Crippen molar-refractivity contribution in [2.75, 3.05) is 12.4 Å². The first-order valence-electron chi connectivity index (χ1n) is 2.62. The van der Waals surface area contributed by atoms with Gasteiger partial charge in [-0.1, -0.05) is 6.92 Å². The van der Waals surface area contributed by atoms with E-state index < -0.39 is 6.10 Å². The maximum atomic E-state index is 8.89. The fourth-order valence-electron chi connectivity index (χ4n) is 0.302. The highest BCUT2D eigenvalue weighted by Crippen LogP contribution is 2.01. The Morgan fingerprint density at radius 2 is 2.12 bits per heavy atom.